The molecule has 3 aliphatic rings. The van der Waals surface area contributed by atoms with Crippen molar-refractivity contribution in [2.45, 2.75) is 75.8 Å². The molecule has 3 fully saturated rings. The van der Waals surface area contributed by atoms with E-state index >= 15 is 0 Å². The predicted octanol–water partition coefficient (Wildman–Crippen LogP) is 2.97. The van der Waals surface area contributed by atoms with Crippen LogP contribution >= 0.6 is 0 Å². The minimum Gasteiger partial charge on any atom is -0.339 e. The zero-order valence-electron chi connectivity index (χ0n) is 11.6. The van der Waals surface area contributed by atoms with Gasteiger partial charge in [0, 0.05) is 18.0 Å². The van der Waals surface area contributed by atoms with E-state index < -0.39 is 0 Å². The van der Waals surface area contributed by atoms with Crippen LogP contribution in [-0.2, 0) is 0 Å². The van der Waals surface area contributed by atoms with E-state index in [-0.39, 0.29) is 0 Å². The first-order chi connectivity index (χ1) is 9.29. The second kappa shape index (κ2) is 4.58. The molecule has 3 atom stereocenters. The molecule has 2 aliphatic heterocycles. The fourth-order valence-electron chi connectivity index (χ4n) is 4.18. The molecule has 2 bridgehead atoms. The monoisotopic (exact) mass is 261 g/mol. The lowest BCUT2D eigenvalue weighted by atomic mass is 9.82. The zero-order chi connectivity index (χ0) is 12.8. The first-order valence-corrected chi connectivity index (χ1v) is 7.89. The number of hydrogen-bond donors (Lipinski definition) is 1. The standard InChI is InChI=1S/C15H23N3O/c1-9-2-4-10(5-3-9)14-17-15(19-18-14)12-8-11-6-7-13(12)16-11/h9-13,16H,2-8H2,1H3. The number of nitrogens with one attached hydrogen (secondary N) is 1. The number of rotatable bonds is 2. The van der Waals surface area contributed by atoms with Gasteiger partial charge in [-0.25, -0.2) is 0 Å². The number of fused-ring (bicyclic) bond motifs is 2. The summed E-state index contributed by atoms with van der Waals surface area (Å²) in [4.78, 5) is 4.74. The average Bonchev–Trinajstić information content (AvgIpc) is 3.15. The van der Waals surface area contributed by atoms with Crippen molar-refractivity contribution in [3.8, 4) is 0 Å². The lowest BCUT2D eigenvalue weighted by molar-refractivity contribution is 0.311. The fourth-order valence-corrected chi connectivity index (χ4v) is 4.18. The molecule has 19 heavy (non-hydrogen) atoms. The molecule has 3 unspecified atom stereocenters. The van der Waals surface area contributed by atoms with Gasteiger partial charge < -0.3 is 9.84 Å². The van der Waals surface area contributed by atoms with Crippen molar-refractivity contribution in [3.63, 3.8) is 0 Å². The van der Waals surface area contributed by atoms with Gasteiger partial charge in [0.1, 0.15) is 0 Å². The largest absolute Gasteiger partial charge is 0.339 e. The van der Waals surface area contributed by atoms with Gasteiger partial charge >= 0.3 is 0 Å². The maximum Gasteiger partial charge on any atom is 0.231 e. The van der Waals surface area contributed by atoms with Crippen LogP contribution in [0, 0.1) is 5.92 Å². The molecule has 3 heterocycles. The molecule has 4 nitrogen and oxygen atoms in total. The molecule has 0 aromatic carbocycles. The Hall–Kier alpha value is -0.900. The topological polar surface area (TPSA) is 51.0 Å². The van der Waals surface area contributed by atoms with Gasteiger partial charge in [0.05, 0.1) is 5.92 Å². The van der Waals surface area contributed by atoms with Gasteiger partial charge in [-0.15, -0.1) is 0 Å². The molecule has 1 aromatic heterocycles. The minimum absolute atomic E-state index is 0.475. The minimum atomic E-state index is 0.475. The maximum atomic E-state index is 5.58. The van der Waals surface area contributed by atoms with E-state index in [1.165, 1.54) is 44.9 Å². The van der Waals surface area contributed by atoms with Gasteiger partial charge in [-0.05, 0) is 38.0 Å². The summed E-state index contributed by atoms with van der Waals surface area (Å²) < 4.78 is 5.58. The predicted molar refractivity (Wildman–Crippen MR) is 72.0 cm³/mol. The van der Waals surface area contributed by atoms with Crippen LogP contribution in [0.1, 0.15) is 75.4 Å². The molecule has 2 saturated heterocycles. The van der Waals surface area contributed by atoms with Crippen LogP contribution < -0.4 is 5.32 Å². The van der Waals surface area contributed by atoms with Crippen molar-refractivity contribution >= 4 is 0 Å². The first kappa shape index (κ1) is 11.9. The third kappa shape index (κ3) is 2.10. The molecule has 4 heteroatoms. The summed E-state index contributed by atoms with van der Waals surface area (Å²) in [5, 5.41) is 7.92. The van der Waals surface area contributed by atoms with E-state index in [0.717, 1.165) is 17.6 Å². The van der Waals surface area contributed by atoms with E-state index in [9.17, 15) is 0 Å². The Kier molecular flexibility index (Phi) is 2.87. The number of aromatic nitrogens is 2. The van der Waals surface area contributed by atoms with Crippen LogP contribution in [0.3, 0.4) is 0 Å². The van der Waals surface area contributed by atoms with Crippen molar-refractivity contribution in [1.82, 2.24) is 15.5 Å². The van der Waals surface area contributed by atoms with Gasteiger partial charge in [-0.1, -0.05) is 24.9 Å². The molecule has 1 aliphatic carbocycles. The summed E-state index contributed by atoms with van der Waals surface area (Å²) in [5.74, 6) is 3.76. The highest BCUT2D eigenvalue weighted by molar-refractivity contribution is 5.11. The molecular weight excluding hydrogens is 238 g/mol. The van der Waals surface area contributed by atoms with Gasteiger partial charge in [-0.2, -0.15) is 4.98 Å². The highest BCUT2D eigenvalue weighted by Crippen LogP contribution is 2.40. The zero-order valence-corrected chi connectivity index (χ0v) is 11.6. The molecule has 1 N–H and O–H groups in total. The molecule has 1 aromatic rings. The van der Waals surface area contributed by atoms with E-state index in [1.807, 2.05) is 0 Å². The summed E-state index contributed by atoms with van der Waals surface area (Å²) in [6, 6.07) is 1.28. The van der Waals surface area contributed by atoms with Crippen molar-refractivity contribution in [2.24, 2.45) is 5.92 Å². The Morgan fingerprint density at radius 1 is 1.11 bits per heavy atom. The van der Waals surface area contributed by atoms with Gasteiger partial charge in [0.2, 0.25) is 5.89 Å². The summed E-state index contributed by atoms with van der Waals surface area (Å²) in [6.07, 6.45) is 8.86. The molecule has 104 valence electrons. The number of nitrogens with zero attached hydrogens (tertiary/aromatic N) is 2. The van der Waals surface area contributed by atoms with E-state index in [2.05, 4.69) is 17.4 Å². The SMILES string of the molecule is CC1CCC(c2noc(C3CC4CCC3N4)n2)CC1. The van der Waals surface area contributed by atoms with Crippen LogP contribution in [0.15, 0.2) is 4.52 Å². The van der Waals surface area contributed by atoms with Crippen LogP contribution in [0.2, 0.25) is 0 Å². The first-order valence-electron chi connectivity index (χ1n) is 7.89. The Balaban J connectivity index is 1.47. The molecular formula is C15H23N3O. The van der Waals surface area contributed by atoms with Gasteiger partial charge in [0.25, 0.3) is 0 Å². The number of hydrogen-bond acceptors (Lipinski definition) is 4. The highest BCUT2D eigenvalue weighted by atomic mass is 16.5. The normalized spacial score (nSPS) is 41.8. The van der Waals surface area contributed by atoms with E-state index in [4.69, 9.17) is 9.51 Å². The summed E-state index contributed by atoms with van der Waals surface area (Å²) in [7, 11) is 0. The smallest absolute Gasteiger partial charge is 0.231 e. The molecule has 0 spiro atoms. The van der Waals surface area contributed by atoms with E-state index in [0.29, 0.717) is 23.9 Å². The van der Waals surface area contributed by atoms with Crippen molar-refractivity contribution in [3.05, 3.63) is 11.7 Å². The van der Waals surface area contributed by atoms with Crippen LogP contribution in [0.25, 0.3) is 0 Å². The van der Waals surface area contributed by atoms with Gasteiger partial charge in [0.15, 0.2) is 5.82 Å². The van der Waals surface area contributed by atoms with Crippen molar-refractivity contribution in [1.29, 1.82) is 0 Å². The summed E-state index contributed by atoms with van der Waals surface area (Å²) in [6.45, 7) is 2.35. The van der Waals surface area contributed by atoms with Crippen molar-refractivity contribution in [2.75, 3.05) is 0 Å². The highest BCUT2D eigenvalue weighted by Gasteiger charge is 2.42. The quantitative estimate of drug-likeness (QED) is 0.889. The molecule has 0 amide bonds. The molecule has 0 radical (unpaired) electrons. The Bertz CT molecular complexity index is 450. The fraction of sp³-hybridized carbons (Fsp3) is 0.867. The van der Waals surface area contributed by atoms with Gasteiger partial charge in [-0.3, -0.25) is 0 Å². The Morgan fingerprint density at radius 2 is 1.95 bits per heavy atom. The summed E-state index contributed by atoms with van der Waals surface area (Å²) >= 11 is 0. The Morgan fingerprint density at radius 3 is 2.63 bits per heavy atom. The molecule has 4 rings (SSSR count). The van der Waals surface area contributed by atoms with Crippen LogP contribution in [0.4, 0.5) is 0 Å². The van der Waals surface area contributed by atoms with Crippen molar-refractivity contribution < 1.29 is 4.52 Å². The second-order valence-corrected chi connectivity index (χ2v) is 6.84. The second-order valence-electron chi connectivity index (χ2n) is 6.84. The maximum absolute atomic E-state index is 5.58. The average molecular weight is 261 g/mol. The summed E-state index contributed by atoms with van der Waals surface area (Å²) in [5.41, 5.74) is 0. The lowest BCUT2D eigenvalue weighted by Crippen LogP contribution is -2.21. The third-order valence-corrected chi connectivity index (χ3v) is 5.46. The van der Waals surface area contributed by atoms with E-state index in [1.54, 1.807) is 0 Å². The molecule has 1 saturated carbocycles. The third-order valence-electron chi connectivity index (χ3n) is 5.46. The Labute approximate surface area is 114 Å². The van der Waals surface area contributed by atoms with Crippen LogP contribution in [-0.4, -0.2) is 22.2 Å². The van der Waals surface area contributed by atoms with Crippen LogP contribution in [0.5, 0.6) is 0 Å². The lowest BCUT2D eigenvalue weighted by Gasteiger charge is -2.23.